The van der Waals surface area contributed by atoms with Gasteiger partial charge in [-0.3, -0.25) is 0 Å². The number of nitrogens with zero attached hydrogens (tertiary/aromatic N) is 2. The molecule has 0 atom stereocenters. The van der Waals surface area contributed by atoms with Gasteiger partial charge in [0.2, 0.25) is 0 Å². The van der Waals surface area contributed by atoms with Gasteiger partial charge in [0.1, 0.15) is 5.15 Å². The molecule has 0 spiro atoms. The van der Waals surface area contributed by atoms with Crippen molar-refractivity contribution in [3.63, 3.8) is 0 Å². The van der Waals surface area contributed by atoms with Crippen LogP contribution < -0.4 is 10.6 Å². The van der Waals surface area contributed by atoms with Gasteiger partial charge in [-0.15, -0.1) is 0 Å². The van der Waals surface area contributed by atoms with Crippen molar-refractivity contribution < 1.29 is 4.74 Å². The highest BCUT2D eigenvalue weighted by atomic mass is 35.5. The van der Waals surface area contributed by atoms with Crippen LogP contribution in [-0.4, -0.2) is 37.7 Å². The molecule has 0 saturated heterocycles. The molecule has 1 heterocycles. The molecule has 0 aromatic carbocycles. The second-order valence-corrected chi connectivity index (χ2v) is 3.99. The number of methoxy groups -OCH3 is 1. The SMILES string of the molecule is CCNC(=NCc1ccc(Cl)nc1)NCCOC. The third-order valence-electron chi connectivity index (χ3n) is 2.15. The van der Waals surface area contributed by atoms with Gasteiger partial charge in [-0.1, -0.05) is 17.7 Å². The summed E-state index contributed by atoms with van der Waals surface area (Å²) in [6.45, 7) is 4.77. The zero-order valence-electron chi connectivity index (χ0n) is 10.7. The normalized spacial score (nSPS) is 11.4. The van der Waals surface area contributed by atoms with Gasteiger partial charge in [0, 0.05) is 26.4 Å². The third-order valence-corrected chi connectivity index (χ3v) is 2.37. The van der Waals surface area contributed by atoms with Crippen molar-refractivity contribution >= 4 is 17.6 Å². The molecule has 0 unspecified atom stereocenters. The first kappa shape index (κ1) is 14.7. The first-order valence-electron chi connectivity index (χ1n) is 5.87. The Morgan fingerprint density at radius 1 is 1.44 bits per heavy atom. The van der Waals surface area contributed by atoms with E-state index in [1.807, 2.05) is 13.0 Å². The smallest absolute Gasteiger partial charge is 0.191 e. The van der Waals surface area contributed by atoms with Crippen LogP contribution in [0, 0.1) is 0 Å². The Morgan fingerprint density at radius 3 is 2.89 bits per heavy atom. The average Bonchev–Trinajstić information content (AvgIpc) is 2.38. The van der Waals surface area contributed by atoms with Crippen molar-refractivity contribution in [3.8, 4) is 0 Å². The molecule has 1 aromatic heterocycles. The zero-order valence-corrected chi connectivity index (χ0v) is 11.5. The van der Waals surface area contributed by atoms with Crippen LogP contribution in [0.2, 0.25) is 5.15 Å². The van der Waals surface area contributed by atoms with Gasteiger partial charge < -0.3 is 15.4 Å². The third kappa shape index (κ3) is 5.84. The van der Waals surface area contributed by atoms with Crippen molar-refractivity contribution in [3.05, 3.63) is 29.0 Å². The number of halogens is 1. The first-order valence-corrected chi connectivity index (χ1v) is 6.25. The fourth-order valence-electron chi connectivity index (χ4n) is 1.28. The largest absolute Gasteiger partial charge is 0.383 e. The Balaban J connectivity index is 2.50. The highest BCUT2D eigenvalue weighted by Crippen LogP contribution is 2.05. The highest BCUT2D eigenvalue weighted by molar-refractivity contribution is 6.29. The number of hydrogen-bond donors (Lipinski definition) is 2. The van der Waals surface area contributed by atoms with E-state index in [2.05, 4.69) is 20.6 Å². The van der Waals surface area contributed by atoms with E-state index >= 15 is 0 Å². The molecule has 0 aliphatic carbocycles. The average molecular weight is 271 g/mol. The highest BCUT2D eigenvalue weighted by Gasteiger charge is 1.97. The summed E-state index contributed by atoms with van der Waals surface area (Å²) >= 11 is 5.72. The van der Waals surface area contributed by atoms with Crippen LogP contribution in [0.4, 0.5) is 0 Å². The summed E-state index contributed by atoms with van der Waals surface area (Å²) in [6.07, 6.45) is 1.73. The van der Waals surface area contributed by atoms with Crippen molar-refractivity contribution in [1.82, 2.24) is 15.6 Å². The molecule has 0 saturated carbocycles. The lowest BCUT2D eigenvalue weighted by molar-refractivity contribution is 0.203. The summed E-state index contributed by atoms with van der Waals surface area (Å²) in [4.78, 5) is 8.45. The summed E-state index contributed by atoms with van der Waals surface area (Å²) in [5.74, 6) is 0.768. The predicted octanol–water partition coefficient (Wildman–Crippen LogP) is 1.44. The molecule has 6 heteroatoms. The summed E-state index contributed by atoms with van der Waals surface area (Å²) in [5, 5.41) is 6.82. The summed E-state index contributed by atoms with van der Waals surface area (Å²) < 4.78 is 4.98. The Labute approximate surface area is 113 Å². The molecule has 0 fully saturated rings. The van der Waals surface area contributed by atoms with E-state index in [1.165, 1.54) is 0 Å². The van der Waals surface area contributed by atoms with Crippen molar-refractivity contribution in [2.75, 3.05) is 26.8 Å². The zero-order chi connectivity index (χ0) is 13.2. The maximum Gasteiger partial charge on any atom is 0.191 e. The van der Waals surface area contributed by atoms with E-state index in [1.54, 1.807) is 19.4 Å². The predicted molar refractivity (Wildman–Crippen MR) is 73.9 cm³/mol. The van der Waals surface area contributed by atoms with Crippen LogP contribution in [-0.2, 0) is 11.3 Å². The molecular weight excluding hydrogens is 252 g/mol. The van der Waals surface area contributed by atoms with E-state index in [0.717, 1.165) is 24.6 Å². The minimum Gasteiger partial charge on any atom is -0.383 e. The molecule has 0 aliphatic heterocycles. The maximum absolute atomic E-state index is 5.72. The van der Waals surface area contributed by atoms with E-state index in [4.69, 9.17) is 16.3 Å². The van der Waals surface area contributed by atoms with Gasteiger partial charge in [0.05, 0.1) is 13.2 Å². The van der Waals surface area contributed by atoms with Gasteiger partial charge in [-0.25, -0.2) is 9.98 Å². The number of nitrogens with one attached hydrogen (secondary N) is 2. The summed E-state index contributed by atoms with van der Waals surface area (Å²) in [7, 11) is 1.67. The van der Waals surface area contributed by atoms with Crippen molar-refractivity contribution in [2.24, 2.45) is 4.99 Å². The van der Waals surface area contributed by atoms with E-state index in [-0.39, 0.29) is 0 Å². The second-order valence-electron chi connectivity index (χ2n) is 3.60. The van der Waals surface area contributed by atoms with Crippen LogP contribution in [0.25, 0.3) is 0 Å². The number of hydrogen-bond acceptors (Lipinski definition) is 3. The molecule has 0 radical (unpaired) electrons. The molecule has 0 aliphatic rings. The Bertz CT molecular complexity index is 367. The van der Waals surface area contributed by atoms with Crippen LogP contribution in [0.15, 0.2) is 23.3 Å². The van der Waals surface area contributed by atoms with Gasteiger partial charge in [0.15, 0.2) is 5.96 Å². The lowest BCUT2D eigenvalue weighted by atomic mass is 10.3. The number of rotatable bonds is 6. The molecule has 1 rings (SSSR count). The minimum absolute atomic E-state index is 0.493. The maximum atomic E-state index is 5.72. The van der Waals surface area contributed by atoms with Crippen molar-refractivity contribution in [2.45, 2.75) is 13.5 Å². The Morgan fingerprint density at radius 2 is 2.28 bits per heavy atom. The molecular formula is C12H19ClN4O. The first-order chi connectivity index (χ1) is 8.76. The van der Waals surface area contributed by atoms with Crippen LogP contribution >= 0.6 is 11.6 Å². The molecule has 0 amide bonds. The monoisotopic (exact) mass is 270 g/mol. The fourth-order valence-corrected chi connectivity index (χ4v) is 1.40. The van der Waals surface area contributed by atoms with Gasteiger partial charge in [0.25, 0.3) is 0 Å². The Hall–Kier alpha value is -1.33. The standard InChI is InChI=1S/C12H19ClN4O/c1-3-14-12(15-6-7-18-2)17-9-10-4-5-11(13)16-8-10/h4-5,8H,3,6-7,9H2,1-2H3,(H2,14,15,17). The summed E-state index contributed by atoms with van der Waals surface area (Å²) in [6, 6.07) is 3.68. The van der Waals surface area contributed by atoms with E-state index in [0.29, 0.717) is 18.3 Å². The number of ether oxygens (including phenoxy) is 1. The van der Waals surface area contributed by atoms with Crippen LogP contribution in [0.5, 0.6) is 0 Å². The lowest BCUT2D eigenvalue weighted by Gasteiger charge is -2.10. The lowest BCUT2D eigenvalue weighted by Crippen LogP contribution is -2.38. The van der Waals surface area contributed by atoms with E-state index in [9.17, 15) is 0 Å². The van der Waals surface area contributed by atoms with Crippen LogP contribution in [0.3, 0.4) is 0 Å². The molecule has 100 valence electrons. The summed E-state index contributed by atoms with van der Waals surface area (Å²) in [5.41, 5.74) is 1.02. The van der Waals surface area contributed by atoms with E-state index < -0.39 is 0 Å². The number of aliphatic imine (C=N–C) groups is 1. The van der Waals surface area contributed by atoms with Gasteiger partial charge in [-0.05, 0) is 18.6 Å². The van der Waals surface area contributed by atoms with Gasteiger partial charge in [-0.2, -0.15) is 0 Å². The second kappa shape index (κ2) is 8.72. The number of aromatic nitrogens is 1. The molecule has 5 nitrogen and oxygen atoms in total. The number of pyridine rings is 1. The minimum atomic E-state index is 0.493. The quantitative estimate of drug-likeness (QED) is 0.355. The molecule has 18 heavy (non-hydrogen) atoms. The molecule has 1 aromatic rings. The Kier molecular flexibility index (Phi) is 7.13. The number of guanidine groups is 1. The van der Waals surface area contributed by atoms with Crippen molar-refractivity contribution in [1.29, 1.82) is 0 Å². The van der Waals surface area contributed by atoms with Crippen LogP contribution in [0.1, 0.15) is 12.5 Å². The molecule has 0 bridgehead atoms. The fraction of sp³-hybridized carbons (Fsp3) is 0.500. The molecule has 2 N–H and O–H groups in total. The van der Waals surface area contributed by atoms with Gasteiger partial charge >= 0.3 is 0 Å². The topological polar surface area (TPSA) is 58.5 Å².